The van der Waals surface area contributed by atoms with Gasteiger partial charge in [-0.15, -0.1) is 0 Å². The largest absolute Gasteiger partial charge is 0.479 e. The van der Waals surface area contributed by atoms with Crippen LogP contribution in [0.1, 0.15) is 40.5 Å². The molecular formula is C21H35NO12. The highest BCUT2D eigenvalue weighted by Gasteiger charge is 2.56. The van der Waals surface area contributed by atoms with Crippen molar-refractivity contribution in [3.05, 3.63) is 0 Å². The molecule has 0 aromatic carbocycles. The number of nitrogens with one attached hydrogen (secondary N) is 1. The molecule has 0 aromatic heterocycles. The van der Waals surface area contributed by atoms with Crippen LogP contribution >= 0.6 is 0 Å². The van der Waals surface area contributed by atoms with Gasteiger partial charge in [-0.25, -0.2) is 9.59 Å². The quantitative estimate of drug-likeness (QED) is 0.216. The summed E-state index contributed by atoms with van der Waals surface area (Å²) in [4.78, 5) is 35.5. The van der Waals surface area contributed by atoms with Gasteiger partial charge in [0.05, 0.1) is 12.1 Å². The highest BCUT2D eigenvalue weighted by Crippen LogP contribution is 2.40. The molecule has 0 aliphatic carbocycles. The Balaban J connectivity index is 2.49. The number of carboxylic acid groups (broad SMARTS) is 2. The zero-order valence-electron chi connectivity index (χ0n) is 19.8. The van der Waals surface area contributed by atoms with Crippen LogP contribution in [-0.4, -0.2) is 112 Å². The number of hydrogen-bond donors (Lipinski definition) is 6. The van der Waals surface area contributed by atoms with E-state index in [2.05, 4.69) is 5.32 Å². The number of carbonyl (C=O) groups excluding carboxylic acids is 1. The standard InChI is InChI=1S/C21H35NO12/c1-6-21(4,7-2)17-9(22-8(3)23)13(12(26)15(32-17)18(27)28)33-20-11(25)10(24)14(31-5)16(34-20)19(29)30/h9-17,20,24-26H,6-7H2,1-5H3,(H,22,23)(H,27,28)(H,29,30)/t9?,10?,11?,12?,13?,14?,15?,16?,17-,20?/m0/s1. The van der Waals surface area contributed by atoms with Crippen LogP contribution in [0, 0.1) is 5.41 Å². The second kappa shape index (κ2) is 11.2. The molecule has 9 unspecified atom stereocenters. The van der Waals surface area contributed by atoms with Crippen LogP contribution in [0.4, 0.5) is 0 Å². The monoisotopic (exact) mass is 493 g/mol. The first kappa shape index (κ1) is 28.4. The third kappa shape index (κ3) is 5.51. The Morgan fingerprint density at radius 1 is 0.912 bits per heavy atom. The van der Waals surface area contributed by atoms with Crippen molar-refractivity contribution in [3.8, 4) is 0 Å². The number of methoxy groups -OCH3 is 1. The molecule has 10 atom stereocenters. The van der Waals surface area contributed by atoms with E-state index in [9.17, 15) is 39.9 Å². The topological polar surface area (TPSA) is 201 Å². The van der Waals surface area contributed by atoms with E-state index in [1.54, 1.807) is 0 Å². The molecule has 0 radical (unpaired) electrons. The minimum absolute atomic E-state index is 0.518. The Kier molecular flexibility index (Phi) is 9.38. The van der Waals surface area contributed by atoms with Crippen LogP contribution in [0.5, 0.6) is 0 Å². The maximum Gasteiger partial charge on any atom is 0.335 e. The summed E-state index contributed by atoms with van der Waals surface area (Å²) >= 11 is 0. The van der Waals surface area contributed by atoms with E-state index in [0.29, 0.717) is 12.8 Å². The molecule has 0 saturated carbocycles. The highest BCUT2D eigenvalue weighted by molar-refractivity contribution is 5.75. The van der Waals surface area contributed by atoms with Gasteiger partial charge in [-0.1, -0.05) is 20.8 Å². The SMILES string of the molecule is CCC(C)(CC)[C@H]1OC(C(=O)O)C(O)C(OC2OC(C(=O)O)C(OC)C(O)C2O)C1NC(C)=O. The second-order valence-electron chi connectivity index (χ2n) is 8.94. The van der Waals surface area contributed by atoms with Gasteiger partial charge in [0, 0.05) is 14.0 Å². The maximum atomic E-state index is 12.0. The van der Waals surface area contributed by atoms with Crippen molar-refractivity contribution in [2.75, 3.05) is 7.11 Å². The molecule has 1 amide bonds. The lowest BCUT2D eigenvalue weighted by molar-refractivity contribution is -0.329. The normalized spacial score (nSPS) is 38.8. The minimum Gasteiger partial charge on any atom is -0.479 e. The zero-order chi connectivity index (χ0) is 26.0. The van der Waals surface area contributed by atoms with E-state index in [1.807, 2.05) is 20.8 Å². The van der Waals surface area contributed by atoms with Gasteiger partial charge in [0.1, 0.15) is 30.5 Å². The third-order valence-electron chi connectivity index (χ3n) is 6.89. The zero-order valence-corrected chi connectivity index (χ0v) is 19.8. The third-order valence-corrected chi connectivity index (χ3v) is 6.89. The van der Waals surface area contributed by atoms with Crippen molar-refractivity contribution in [2.24, 2.45) is 5.41 Å². The number of hydrogen-bond acceptors (Lipinski definition) is 10. The van der Waals surface area contributed by atoms with Crippen molar-refractivity contribution >= 4 is 17.8 Å². The minimum atomic E-state index is -1.83. The summed E-state index contributed by atoms with van der Waals surface area (Å²) in [6.45, 7) is 6.78. The molecule has 2 rings (SSSR count). The van der Waals surface area contributed by atoms with Crippen LogP contribution in [0.25, 0.3) is 0 Å². The molecule has 196 valence electrons. The first-order valence-electron chi connectivity index (χ1n) is 11.1. The van der Waals surface area contributed by atoms with Gasteiger partial charge in [0.2, 0.25) is 5.91 Å². The molecule has 2 aliphatic heterocycles. The molecule has 0 aromatic rings. The van der Waals surface area contributed by atoms with Crippen LogP contribution in [0.2, 0.25) is 0 Å². The number of rotatable bonds is 9. The Morgan fingerprint density at radius 2 is 1.47 bits per heavy atom. The Bertz CT molecular complexity index is 743. The molecule has 2 heterocycles. The number of ether oxygens (including phenoxy) is 4. The fourth-order valence-corrected chi connectivity index (χ4v) is 4.46. The van der Waals surface area contributed by atoms with Crippen molar-refractivity contribution in [1.82, 2.24) is 5.32 Å². The van der Waals surface area contributed by atoms with E-state index in [0.717, 1.165) is 7.11 Å². The Labute approximate surface area is 196 Å². The first-order chi connectivity index (χ1) is 15.8. The smallest absolute Gasteiger partial charge is 0.335 e. The van der Waals surface area contributed by atoms with E-state index in [1.165, 1.54) is 6.92 Å². The van der Waals surface area contributed by atoms with Gasteiger partial charge < -0.3 is 49.8 Å². The van der Waals surface area contributed by atoms with Gasteiger partial charge in [-0.05, 0) is 18.3 Å². The van der Waals surface area contributed by atoms with E-state index < -0.39 is 84.4 Å². The predicted molar refractivity (Wildman–Crippen MR) is 113 cm³/mol. The van der Waals surface area contributed by atoms with E-state index >= 15 is 0 Å². The van der Waals surface area contributed by atoms with Crippen molar-refractivity contribution in [3.63, 3.8) is 0 Å². The molecular weight excluding hydrogens is 458 g/mol. The molecule has 34 heavy (non-hydrogen) atoms. The number of amides is 1. The number of aliphatic hydroxyl groups is 3. The number of aliphatic carboxylic acids is 2. The lowest BCUT2D eigenvalue weighted by Crippen LogP contribution is -2.70. The fraction of sp³-hybridized carbons (Fsp3) is 0.857. The molecule has 2 aliphatic rings. The summed E-state index contributed by atoms with van der Waals surface area (Å²) < 4.78 is 21.8. The number of carboxylic acids is 2. The van der Waals surface area contributed by atoms with Crippen molar-refractivity contribution in [1.29, 1.82) is 0 Å². The summed E-state index contributed by atoms with van der Waals surface area (Å²) in [6.07, 6.45) is -13.4. The van der Waals surface area contributed by atoms with Gasteiger partial charge in [0.15, 0.2) is 18.5 Å². The average Bonchev–Trinajstić information content (AvgIpc) is 2.77. The molecule has 13 heteroatoms. The van der Waals surface area contributed by atoms with Crippen LogP contribution in [0.3, 0.4) is 0 Å². The Hall–Kier alpha value is -1.87. The maximum absolute atomic E-state index is 12.0. The van der Waals surface area contributed by atoms with Gasteiger partial charge >= 0.3 is 11.9 Å². The van der Waals surface area contributed by atoms with Gasteiger partial charge in [-0.3, -0.25) is 4.79 Å². The van der Waals surface area contributed by atoms with E-state index in [4.69, 9.17) is 18.9 Å². The molecule has 2 fully saturated rings. The van der Waals surface area contributed by atoms with E-state index in [-0.39, 0.29) is 0 Å². The molecule has 0 spiro atoms. The first-order valence-corrected chi connectivity index (χ1v) is 11.1. The summed E-state index contributed by atoms with van der Waals surface area (Å²) in [7, 11) is 1.13. The lowest BCUT2D eigenvalue weighted by atomic mass is 9.72. The van der Waals surface area contributed by atoms with Gasteiger partial charge in [0.25, 0.3) is 0 Å². The molecule has 2 saturated heterocycles. The molecule has 6 N–H and O–H groups in total. The van der Waals surface area contributed by atoms with Crippen LogP contribution < -0.4 is 5.32 Å². The van der Waals surface area contributed by atoms with Crippen molar-refractivity contribution in [2.45, 2.75) is 102 Å². The molecule has 13 nitrogen and oxygen atoms in total. The van der Waals surface area contributed by atoms with Gasteiger partial charge in [-0.2, -0.15) is 0 Å². The highest BCUT2D eigenvalue weighted by atomic mass is 16.7. The summed E-state index contributed by atoms with van der Waals surface area (Å²) in [5.41, 5.74) is -0.654. The second-order valence-corrected chi connectivity index (χ2v) is 8.94. The summed E-state index contributed by atoms with van der Waals surface area (Å²) in [6, 6.07) is -1.09. The fourth-order valence-electron chi connectivity index (χ4n) is 4.46. The Morgan fingerprint density at radius 3 is 1.91 bits per heavy atom. The molecule has 0 bridgehead atoms. The van der Waals surface area contributed by atoms with Crippen LogP contribution in [-0.2, 0) is 33.3 Å². The average molecular weight is 494 g/mol. The summed E-state index contributed by atoms with van der Waals surface area (Å²) in [5.74, 6) is -3.49. The summed E-state index contributed by atoms with van der Waals surface area (Å²) in [5, 5.41) is 53.5. The van der Waals surface area contributed by atoms with Crippen molar-refractivity contribution < 1.29 is 58.9 Å². The predicted octanol–water partition coefficient (Wildman–Crippen LogP) is -1.54. The number of carbonyl (C=O) groups is 3. The lowest BCUT2D eigenvalue weighted by Gasteiger charge is -2.51. The van der Waals surface area contributed by atoms with Crippen LogP contribution in [0.15, 0.2) is 0 Å². The number of aliphatic hydroxyl groups excluding tert-OH is 3.